The lowest BCUT2D eigenvalue weighted by Crippen LogP contribution is -2.37. The standard InChI is InChI=1S/C15H19F3N2/c16-15(17,18)10-20(13-7-8-13)14-4-2-1-3-11(14)9-19-12-5-6-12/h1-4,12-13,19H,5-10H2. The first kappa shape index (κ1) is 13.7. The van der Waals surface area contributed by atoms with Gasteiger partial charge < -0.3 is 10.2 Å². The minimum atomic E-state index is -4.15. The number of nitrogens with zero attached hydrogens (tertiary/aromatic N) is 1. The molecule has 2 aliphatic carbocycles. The van der Waals surface area contributed by atoms with E-state index < -0.39 is 12.7 Å². The number of hydrogen-bond donors (Lipinski definition) is 1. The first-order chi connectivity index (χ1) is 9.53. The minimum Gasteiger partial charge on any atom is -0.359 e. The Hall–Kier alpha value is -1.23. The normalized spacial score (nSPS) is 19.1. The highest BCUT2D eigenvalue weighted by molar-refractivity contribution is 5.55. The second-order valence-corrected chi connectivity index (χ2v) is 5.76. The van der Waals surface area contributed by atoms with Gasteiger partial charge in [-0.2, -0.15) is 13.2 Å². The summed E-state index contributed by atoms with van der Waals surface area (Å²) in [6.45, 7) is -0.194. The number of hydrogen-bond acceptors (Lipinski definition) is 2. The molecule has 2 saturated carbocycles. The highest BCUT2D eigenvalue weighted by atomic mass is 19.4. The van der Waals surface area contributed by atoms with Crippen LogP contribution in [0.15, 0.2) is 24.3 Å². The Balaban J connectivity index is 1.77. The van der Waals surface area contributed by atoms with Crippen molar-refractivity contribution in [2.45, 2.75) is 50.5 Å². The van der Waals surface area contributed by atoms with Crippen LogP contribution < -0.4 is 10.2 Å². The summed E-state index contributed by atoms with van der Waals surface area (Å²) in [6, 6.07) is 8.07. The molecular weight excluding hydrogens is 265 g/mol. The van der Waals surface area contributed by atoms with Crippen molar-refractivity contribution in [2.75, 3.05) is 11.4 Å². The smallest absolute Gasteiger partial charge is 0.359 e. The third kappa shape index (κ3) is 3.66. The van der Waals surface area contributed by atoms with Crippen LogP contribution >= 0.6 is 0 Å². The molecule has 0 unspecified atom stereocenters. The van der Waals surface area contributed by atoms with Gasteiger partial charge in [-0.25, -0.2) is 0 Å². The van der Waals surface area contributed by atoms with Gasteiger partial charge in [-0.1, -0.05) is 18.2 Å². The molecular formula is C15H19F3N2. The lowest BCUT2D eigenvalue weighted by Gasteiger charge is -2.28. The van der Waals surface area contributed by atoms with Gasteiger partial charge in [0.1, 0.15) is 6.54 Å². The molecule has 0 atom stereocenters. The molecule has 1 N–H and O–H groups in total. The third-order valence-electron chi connectivity index (χ3n) is 3.80. The summed E-state index contributed by atoms with van der Waals surface area (Å²) in [5, 5.41) is 3.38. The van der Waals surface area contributed by atoms with E-state index >= 15 is 0 Å². The van der Waals surface area contributed by atoms with E-state index in [9.17, 15) is 13.2 Å². The molecule has 0 spiro atoms. The van der Waals surface area contributed by atoms with Crippen molar-refractivity contribution in [3.63, 3.8) is 0 Å². The molecule has 1 aromatic carbocycles. The molecule has 110 valence electrons. The Morgan fingerprint density at radius 1 is 1.10 bits per heavy atom. The summed E-state index contributed by atoms with van der Waals surface area (Å²) < 4.78 is 38.3. The van der Waals surface area contributed by atoms with Gasteiger partial charge in [0.15, 0.2) is 0 Å². The predicted octanol–water partition coefficient (Wildman–Crippen LogP) is 3.47. The third-order valence-corrected chi connectivity index (χ3v) is 3.80. The van der Waals surface area contributed by atoms with Crippen LogP contribution in [0.5, 0.6) is 0 Å². The van der Waals surface area contributed by atoms with Gasteiger partial charge in [0.25, 0.3) is 0 Å². The van der Waals surface area contributed by atoms with E-state index in [2.05, 4.69) is 5.32 Å². The summed E-state index contributed by atoms with van der Waals surface area (Å²) in [5.74, 6) is 0. The van der Waals surface area contributed by atoms with Gasteiger partial charge in [0, 0.05) is 24.3 Å². The van der Waals surface area contributed by atoms with Gasteiger partial charge in [-0.3, -0.25) is 0 Å². The summed E-state index contributed by atoms with van der Waals surface area (Å²) in [4.78, 5) is 1.53. The van der Waals surface area contributed by atoms with Gasteiger partial charge in [-0.15, -0.1) is 0 Å². The number of nitrogens with one attached hydrogen (secondary N) is 1. The van der Waals surface area contributed by atoms with E-state index in [0.29, 0.717) is 12.6 Å². The van der Waals surface area contributed by atoms with Crippen LogP contribution in [0, 0.1) is 0 Å². The molecule has 3 rings (SSSR count). The molecule has 5 heteroatoms. The Bertz CT molecular complexity index is 464. The van der Waals surface area contributed by atoms with Gasteiger partial charge >= 0.3 is 6.18 Å². The molecule has 20 heavy (non-hydrogen) atoms. The fourth-order valence-electron chi connectivity index (χ4n) is 2.47. The number of anilines is 1. The van der Waals surface area contributed by atoms with Crippen LogP contribution in [0.2, 0.25) is 0 Å². The molecule has 0 aromatic heterocycles. The molecule has 2 nitrogen and oxygen atoms in total. The van der Waals surface area contributed by atoms with E-state index in [0.717, 1.165) is 24.1 Å². The maximum Gasteiger partial charge on any atom is 0.405 e. The Kier molecular flexibility index (Phi) is 3.63. The topological polar surface area (TPSA) is 15.3 Å². The SMILES string of the molecule is FC(F)(F)CN(c1ccccc1CNC1CC1)C1CC1. The number of para-hydroxylation sites is 1. The largest absolute Gasteiger partial charge is 0.405 e. The first-order valence-electron chi connectivity index (χ1n) is 7.17. The van der Waals surface area contributed by atoms with E-state index in [4.69, 9.17) is 0 Å². The highest BCUT2D eigenvalue weighted by Gasteiger charge is 2.38. The van der Waals surface area contributed by atoms with Crippen molar-refractivity contribution in [1.29, 1.82) is 0 Å². The van der Waals surface area contributed by atoms with Gasteiger partial charge in [0.05, 0.1) is 0 Å². The Labute approximate surface area is 117 Å². The fraction of sp³-hybridized carbons (Fsp3) is 0.600. The quantitative estimate of drug-likeness (QED) is 0.860. The molecule has 2 fully saturated rings. The zero-order valence-corrected chi connectivity index (χ0v) is 11.3. The molecule has 0 aliphatic heterocycles. The minimum absolute atomic E-state index is 0.0544. The summed E-state index contributed by atoms with van der Waals surface area (Å²) in [5.41, 5.74) is 1.70. The van der Waals surface area contributed by atoms with Gasteiger partial charge in [-0.05, 0) is 37.3 Å². The van der Waals surface area contributed by atoms with E-state index in [1.165, 1.54) is 17.7 Å². The van der Waals surface area contributed by atoms with Gasteiger partial charge in [0.2, 0.25) is 0 Å². The maximum absolute atomic E-state index is 12.8. The van der Waals surface area contributed by atoms with Crippen molar-refractivity contribution in [2.24, 2.45) is 0 Å². The molecule has 0 heterocycles. The summed E-state index contributed by atoms with van der Waals surface area (Å²) >= 11 is 0. The molecule has 2 aliphatic rings. The Morgan fingerprint density at radius 2 is 1.80 bits per heavy atom. The molecule has 0 saturated heterocycles. The van der Waals surface area contributed by atoms with Crippen molar-refractivity contribution in [1.82, 2.24) is 5.32 Å². The number of halogens is 3. The van der Waals surface area contributed by atoms with Crippen LogP contribution in [-0.2, 0) is 6.54 Å². The van der Waals surface area contributed by atoms with Crippen molar-refractivity contribution in [3.05, 3.63) is 29.8 Å². The van der Waals surface area contributed by atoms with Crippen molar-refractivity contribution in [3.8, 4) is 0 Å². The summed E-state index contributed by atoms with van der Waals surface area (Å²) in [6.07, 6.45) is -0.0747. The van der Waals surface area contributed by atoms with E-state index in [-0.39, 0.29) is 6.04 Å². The zero-order valence-electron chi connectivity index (χ0n) is 11.3. The highest BCUT2D eigenvalue weighted by Crippen LogP contribution is 2.36. The zero-order chi connectivity index (χ0) is 14.2. The van der Waals surface area contributed by atoms with Crippen LogP contribution in [0.1, 0.15) is 31.2 Å². The summed E-state index contributed by atoms with van der Waals surface area (Å²) in [7, 11) is 0. The predicted molar refractivity (Wildman–Crippen MR) is 72.7 cm³/mol. The molecule has 0 bridgehead atoms. The van der Waals surface area contributed by atoms with Crippen LogP contribution in [0.3, 0.4) is 0 Å². The Morgan fingerprint density at radius 3 is 2.40 bits per heavy atom. The average molecular weight is 284 g/mol. The van der Waals surface area contributed by atoms with Crippen LogP contribution in [-0.4, -0.2) is 24.8 Å². The van der Waals surface area contributed by atoms with Crippen LogP contribution in [0.4, 0.5) is 18.9 Å². The van der Waals surface area contributed by atoms with Crippen LogP contribution in [0.25, 0.3) is 0 Å². The average Bonchev–Trinajstić information content (AvgIpc) is 3.27. The molecule has 1 aromatic rings. The lowest BCUT2D eigenvalue weighted by atomic mass is 10.1. The van der Waals surface area contributed by atoms with Crippen molar-refractivity contribution < 1.29 is 13.2 Å². The lowest BCUT2D eigenvalue weighted by molar-refractivity contribution is -0.120. The second-order valence-electron chi connectivity index (χ2n) is 5.76. The van der Waals surface area contributed by atoms with Crippen molar-refractivity contribution >= 4 is 5.69 Å². The first-order valence-corrected chi connectivity index (χ1v) is 7.17. The molecule has 0 amide bonds. The number of benzene rings is 1. The molecule has 0 radical (unpaired) electrons. The van der Waals surface area contributed by atoms with E-state index in [1.807, 2.05) is 24.3 Å². The monoisotopic (exact) mass is 284 g/mol. The number of alkyl halides is 3. The fourth-order valence-corrected chi connectivity index (χ4v) is 2.47. The maximum atomic E-state index is 12.8. The number of rotatable bonds is 6. The second kappa shape index (κ2) is 5.28. The van der Waals surface area contributed by atoms with E-state index in [1.54, 1.807) is 0 Å².